The molecule has 0 saturated carbocycles. The van der Waals surface area contributed by atoms with Crippen LogP contribution < -0.4 is 4.74 Å². The van der Waals surface area contributed by atoms with Gasteiger partial charge in [-0.25, -0.2) is 4.85 Å². The predicted molar refractivity (Wildman–Crippen MR) is 98.1 cm³/mol. The fraction of sp³-hybridized carbons (Fsp3) is 0.250. The largest absolute Gasteiger partial charge is 0.485 e. The van der Waals surface area contributed by atoms with Gasteiger partial charge in [-0.05, 0) is 44.2 Å². The van der Waals surface area contributed by atoms with E-state index in [0.29, 0.717) is 22.0 Å². The lowest BCUT2D eigenvalue weighted by molar-refractivity contribution is -0.0805. The highest BCUT2D eigenvalue weighted by Crippen LogP contribution is 2.46. The third-order valence-electron chi connectivity index (χ3n) is 4.98. The average molecular weight is 383 g/mol. The first kappa shape index (κ1) is 17.5. The Balaban J connectivity index is 1.90. The summed E-state index contributed by atoms with van der Waals surface area (Å²) in [5.74, 6) is -0.608. The molecule has 0 spiro atoms. The van der Waals surface area contributed by atoms with Gasteiger partial charge in [0.2, 0.25) is 0 Å². The molecule has 2 aliphatic heterocycles. The third-order valence-corrected chi connectivity index (χ3v) is 5.22. The zero-order chi connectivity index (χ0) is 19.5. The SMILES string of the molecule is [C-]#[N+]c1ccc2c(c1)[C@@H](N1C(=O)c3ccc(Cl)cc3C1=O)[C@H](O)C(C)(C)O2. The van der Waals surface area contributed by atoms with Gasteiger partial charge in [0.1, 0.15) is 17.5 Å². The van der Waals surface area contributed by atoms with E-state index in [1.54, 1.807) is 38.1 Å². The second-order valence-corrected chi connectivity index (χ2v) is 7.54. The summed E-state index contributed by atoms with van der Waals surface area (Å²) in [7, 11) is 0. The molecule has 136 valence electrons. The summed E-state index contributed by atoms with van der Waals surface area (Å²) in [5.41, 5.74) is 0.157. The summed E-state index contributed by atoms with van der Waals surface area (Å²) in [5, 5.41) is 11.3. The Kier molecular flexibility index (Phi) is 3.77. The van der Waals surface area contributed by atoms with Crippen molar-refractivity contribution in [3.8, 4) is 5.75 Å². The number of imide groups is 1. The summed E-state index contributed by atoms with van der Waals surface area (Å²) in [6.45, 7) is 10.6. The van der Waals surface area contributed by atoms with Crippen molar-refractivity contribution < 1.29 is 19.4 Å². The summed E-state index contributed by atoms with van der Waals surface area (Å²) in [4.78, 5) is 30.4. The van der Waals surface area contributed by atoms with Gasteiger partial charge in [-0.2, -0.15) is 0 Å². The van der Waals surface area contributed by atoms with Crippen LogP contribution in [-0.4, -0.2) is 33.5 Å². The van der Waals surface area contributed by atoms with Crippen LogP contribution >= 0.6 is 11.6 Å². The van der Waals surface area contributed by atoms with Crippen molar-refractivity contribution in [1.29, 1.82) is 0 Å². The van der Waals surface area contributed by atoms with Gasteiger partial charge in [-0.15, -0.1) is 0 Å². The van der Waals surface area contributed by atoms with Gasteiger partial charge >= 0.3 is 0 Å². The standard InChI is InChI=1S/C20H15ClN2O4/c1-20(2)17(24)16(14-9-11(22-3)5-7-15(14)27-20)23-18(25)12-6-4-10(21)8-13(12)19(23)26/h4-9,16-17,24H,1-2H3/t16-,17+/m1/s1. The van der Waals surface area contributed by atoms with Gasteiger partial charge in [0.25, 0.3) is 11.8 Å². The molecule has 0 radical (unpaired) electrons. The molecule has 2 heterocycles. The van der Waals surface area contributed by atoms with Crippen molar-refractivity contribution in [2.24, 2.45) is 0 Å². The third kappa shape index (κ3) is 2.51. The van der Waals surface area contributed by atoms with Gasteiger partial charge in [-0.3, -0.25) is 14.5 Å². The zero-order valence-electron chi connectivity index (χ0n) is 14.6. The van der Waals surface area contributed by atoms with E-state index in [1.165, 1.54) is 12.1 Å². The van der Waals surface area contributed by atoms with Crippen LogP contribution in [-0.2, 0) is 0 Å². The Hall–Kier alpha value is -2.88. The number of hydrogen-bond donors (Lipinski definition) is 1. The highest BCUT2D eigenvalue weighted by molar-refractivity contribution is 6.32. The van der Waals surface area contributed by atoms with Crippen LogP contribution in [0.1, 0.15) is 46.2 Å². The summed E-state index contributed by atoms with van der Waals surface area (Å²) >= 11 is 5.98. The molecule has 27 heavy (non-hydrogen) atoms. The average Bonchev–Trinajstić information content (AvgIpc) is 2.86. The predicted octanol–water partition coefficient (Wildman–Crippen LogP) is 3.76. The molecule has 0 unspecified atom stereocenters. The topological polar surface area (TPSA) is 71.2 Å². The number of rotatable bonds is 1. The second kappa shape index (κ2) is 5.81. The van der Waals surface area contributed by atoms with E-state index in [0.717, 1.165) is 4.90 Å². The van der Waals surface area contributed by atoms with E-state index in [1.807, 2.05) is 0 Å². The first-order chi connectivity index (χ1) is 12.7. The fourth-order valence-electron chi connectivity index (χ4n) is 3.59. The summed E-state index contributed by atoms with van der Waals surface area (Å²) in [6.07, 6.45) is -1.18. The highest BCUT2D eigenvalue weighted by Gasteiger charge is 2.51. The number of nitrogens with zero attached hydrogens (tertiary/aromatic N) is 2. The maximum Gasteiger partial charge on any atom is 0.262 e. The van der Waals surface area contributed by atoms with Crippen molar-refractivity contribution in [2.75, 3.05) is 0 Å². The molecule has 0 aliphatic carbocycles. The van der Waals surface area contributed by atoms with Crippen LogP contribution in [0.2, 0.25) is 5.02 Å². The number of aliphatic hydroxyl groups excluding tert-OH is 1. The van der Waals surface area contributed by atoms with E-state index in [4.69, 9.17) is 22.9 Å². The van der Waals surface area contributed by atoms with Gasteiger partial charge in [0, 0.05) is 10.6 Å². The molecule has 0 bridgehead atoms. The summed E-state index contributed by atoms with van der Waals surface area (Å²) in [6, 6.07) is 8.29. The van der Waals surface area contributed by atoms with Gasteiger partial charge < -0.3 is 9.84 Å². The van der Waals surface area contributed by atoms with Crippen molar-refractivity contribution in [3.05, 3.63) is 69.5 Å². The number of ether oxygens (including phenoxy) is 1. The van der Waals surface area contributed by atoms with Crippen LogP contribution in [0, 0.1) is 6.57 Å². The molecule has 0 fully saturated rings. The van der Waals surface area contributed by atoms with Crippen LogP contribution in [0.25, 0.3) is 4.85 Å². The maximum atomic E-state index is 13.0. The molecule has 2 atom stereocenters. The molecule has 2 aromatic carbocycles. The first-order valence-corrected chi connectivity index (χ1v) is 8.68. The van der Waals surface area contributed by atoms with Crippen LogP contribution in [0.3, 0.4) is 0 Å². The molecule has 0 saturated heterocycles. The molecular weight excluding hydrogens is 368 g/mol. The summed E-state index contributed by atoms with van der Waals surface area (Å²) < 4.78 is 5.86. The van der Waals surface area contributed by atoms with Gasteiger partial charge in [0.05, 0.1) is 23.7 Å². The Labute approximate surface area is 160 Å². The van der Waals surface area contributed by atoms with E-state index < -0.39 is 29.6 Å². The van der Waals surface area contributed by atoms with Crippen LogP contribution in [0.5, 0.6) is 5.75 Å². The van der Waals surface area contributed by atoms with Gasteiger partial charge in [-0.1, -0.05) is 17.7 Å². The Bertz CT molecular complexity index is 1040. The highest BCUT2D eigenvalue weighted by atomic mass is 35.5. The maximum absolute atomic E-state index is 13.0. The van der Waals surface area contributed by atoms with Crippen LogP contribution in [0.15, 0.2) is 36.4 Å². The van der Waals surface area contributed by atoms with Crippen molar-refractivity contribution in [3.63, 3.8) is 0 Å². The van der Waals surface area contributed by atoms with Crippen molar-refractivity contribution in [2.45, 2.75) is 31.6 Å². The van der Waals surface area contributed by atoms with E-state index in [9.17, 15) is 14.7 Å². The van der Waals surface area contributed by atoms with E-state index in [-0.39, 0.29) is 11.1 Å². The Morgan fingerprint density at radius 2 is 1.85 bits per heavy atom. The number of amides is 2. The first-order valence-electron chi connectivity index (χ1n) is 8.30. The lowest BCUT2D eigenvalue weighted by Crippen LogP contribution is -2.54. The van der Waals surface area contributed by atoms with Crippen molar-refractivity contribution >= 4 is 29.1 Å². The molecule has 4 rings (SSSR count). The Morgan fingerprint density at radius 3 is 2.56 bits per heavy atom. The minimum atomic E-state index is -1.18. The lowest BCUT2D eigenvalue weighted by Gasteiger charge is -2.44. The number of carbonyl (C=O) groups is 2. The fourth-order valence-corrected chi connectivity index (χ4v) is 3.76. The van der Waals surface area contributed by atoms with E-state index >= 15 is 0 Å². The monoisotopic (exact) mass is 382 g/mol. The molecule has 2 amide bonds. The number of aliphatic hydroxyl groups is 1. The minimum Gasteiger partial charge on any atom is -0.485 e. The smallest absolute Gasteiger partial charge is 0.262 e. The number of hydrogen-bond acceptors (Lipinski definition) is 4. The molecule has 0 aromatic heterocycles. The zero-order valence-corrected chi connectivity index (χ0v) is 15.3. The molecule has 2 aliphatic rings. The second-order valence-electron chi connectivity index (χ2n) is 7.10. The number of fused-ring (bicyclic) bond motifs is 2. The number of carbonyl (C=O) groups excluding carboxylic acids is 2. The Morgan fingerprint density at radius 1 is 1.15 bits per heavy atom. The lowest BCUT2D eigenvalue weighted by atomic mass is 9.85. The quantitative estimate of drug-likeness (QED) is 0.602. The minimum absolute atomic E-state index is 0.201. The number of benzene rings is 2. The molecule has 6 nitrogen and oxygen atoms in total. The van der Waals surface area contributed by atoms with Gasteiger partial charge in [0.15, 0.2) is 5.69 Å². The molecular formula is C20H15ClN2O4. The molecule has 7 heteroatoms. The van der Waals surface area contributed by atoms with Crippen molar-refractivity contribution in [1.82, 2.24) is 4.90 Å². The number of halogens is 1. The van der Waals surface area contributed by atoms with Crippen LogP contribution in [0.4, 0.5) is 5.69 Å². The molecule has 1 N–H and O–H groups in total. The normalized spacial score (nSPS) is 22.7. The van der Waals surface area contributed by atoms with E-state index in [2.05, 4.69) is 4.85 Å². The molecule has 2 aromatic rings.